The molecule has 2 atom stereocenters. The Kier molecular flexibility index (Phi) is 3.85. The molecule has 1 aliphatic heterocycles. The van der Waals surface area contributed by atoms with Crippen LogP contribution in [0.5, 0.6) is 0 Å². The smallest absolute Gasteiger partial charge is 0.247 e. The molecule has 0 radical (unpaired) electrons. The van der Waals surface area contributed by atoms with Crippen LogP contribution in [0.2, 0.25) is 0 Å². The van der Waals surface area contributed by atoms with E-state index in [0.29, 0.717) is 0 Å². The Morgan fingerprint density at radius 3 is 2.90 bits per heavy atom. The van der Waals surface area contributed by atoms with E-state index < -0.39 is 0 Å². The second kappa shape index (κ2) is 5.64. The van der Waals surface area contributed by atoms with Crippen molar-refractivity contribution in [2.45, 2.75) is 45.7 Å². The molecule has 1 amide bonds. The lowest BCUT2D eigenvalue weighted by atomic mass is 10.1. The molecule has 2 aromatic rings. The van der Waals surface area contributed by atoms with Gasteiger partial charge in [-0.2, -0.15) is 16.4 Å². The highest BCUT2D eigenvalue weighted by molar-refractivity contribution is 7.07. The summed E-state index contributed by atoms with van der Waals surface area (Å²) in [6, 6.07) is 4.15. The highest BCUT2D eigenvalue weighted by Crippen LogP contribution is 2.34. The van der Waals surface area contributed by atoms with E-state index in [2.05, 4.69) is 21.9 Å². The summed E-state index contributed by atoms with van der Waals surface area (Å²) in [7, 11) is 0. The van der Waals surface area contributed by atoms with Gasteiger partial charge in [0.1, 0.15) is 6.04 Å². The van der Waals surface area contributed by atoms with E-state index >= 15 is 0 Å². The minimum Gasteiger partial charge on any atom is -0.334 e. The second-order valence-corrected chi connectivity index (χ2v) is 6.57. The Bertz CT molecular complexity index is 632. The van der Waals surface area contributed by atoms with Crippen molar-refractivity contribution in [2.24, 2.45) is 0 Å². The topological polar surface area (TPSA) is 38.1 Å². The molecular weight excluding hydrogens is 282 g/mol. The van der Waals surface area contributed by atoms with Crippen LogP contribution in [0.3, 0.4) is 0 Å². The fraction of sp³-hybridized carbons (Fsp3) is 0.500. The lowest BCUT2D eigenvalue weighted by Gasteiger charge is -2.27. The molecule has 0 unspecified atom stereocenters. The van der Waals surface area contributed by atoms with Crippen LogP contribution in [-0.2, 0) is 4.79 Å². The first kappa shape index (κ1) is 14.3. The molecule has 3 heterocycles. The van der Waals surface area contributed by atoms with Gasteiger partial charge in [-0.1, -0.05) is 0 Å². The molecular formula is C16H21N3OS. The summed E-state index contributed by atoms with van der Waals surface area (Å²) < 4.78 is 1.85. The van der Waals surface area contributed by atoms with Crippen molar-refractivity contribution >= 4 is 17.2 Å². The molecule has 3 rings (SSSR count). The molecule has 0 bridgehead atoms. The van der Waals surface area contributed by atoms with Crippen LogP contribution in [0.1, 0.15) is 48.8 Å². The van der Waals surface area contributed by atoms with Crippen LogP contribution >= 0.6 is 11.3 Å². The highest BCUT2D eigenvalue weighted by Gasteiger charge is 2.33. The molecule has 0 aromatic carbocycles. The summed E-state index contributed by atoms with van der Waals surface area (Å²) in [5, 5.41) is 8.70. The van der Waals surface area contributed by atoms with Gasteiger partial charge in [0.15, 0.2) is 0 Å². The zero-order valence-electron chi connectivity index (χ0n) is 12.7. The van der Waals surface area contributed by atoms with E-state index in [1.54, 1.807) is 11.3 Å². The molecule has 0 aliphatic carbocycles. The van der Waals surface area contributed by atoms with Crippen LogP contribution in [0.15, 0.2) is 22.9 Å². The summed E-state index contributed by atoms with van der Waals surface area (Å²) in [5.74, 6) is 0.176. The van der Waals surface area contributed by atoms with Crippen LogP contribution in [0.25, 0.3) is 0 Å². The molecule has 2 aromatic heterocycles. The maximum absolute atomic E-state index is 12.9. The zero-order valence-corrected chi connectivity index (χ0v) is 13.6. The highest BCUT2D eigenvalue weighted by atomic mass is 32.1. The van der Waals surface area contributed by atoms with Crippen LogP contribution < -0.4 is 0 Å². The van der Waals surface area contributed by atoms with Crippen LogP contribution in [0.4, 0.5) is 0 Å². The van der Waals surface area contributed by atoms with Crippen molar-refractivity contribution in [2.75, 3.05) is 6.54 Å². The summed E-state index contributed by atoms with van der Waals surface area (Å²) in [6.45, 7) is 6.77. The minimum absolute atomic E-state index is 0.176. The van der Waals surface area contributed by atoms with Gasteiger partial charge >= 0.3 is 0 Å². The third-order valence-corrected chi connectivity index (χ3v) is 4.93. The van der Waals surface area contributed by atoms with Gasteiger partial charge in [0, 0.05) is 12.2 Å². The standard InChI is InChI=1S/C16H21N3OS/c1-11-9-12(2)19(17-11)13(3)16(20)18-7-4-5-15(18)14-6-8-21-10-14/h6,8-10,13,15H,4-5,7H2,1-3H3/t13-,15+/m1/s1. The number of aromatic nitrogens is 2. The maximum Gasteiger partial charge on any atom is 0.247 e. The molecule has 4 nitrogen and oxygen atoms in total. The Morgan fingerprint density at radius 1 is 1.48 bits per heavy atom. The first-order valence-corrected chi connectivity index (χ1v) is 8.37. The van der Waals surface area contributed by atoms with Crippen LogP contribution in [0, 0.1) is 13.8 Å². The number of nitrogens with zero attached hydrogens (tertiary/aromatic N) is 3. The predicted molar refractivity (Wildman–Crippen MR) is 84.4 cm³/mol. The number of hydrogen-bond donors (Lipinski definition) is 0. The van der Waals surface area contributed by atoms with Crippen LogP contribution in [-0.4, -0.2) is 27.1 Å². The molecule has 0 spiro atoms. The molecule has 112 valence electrons. The van der Waals surface area contributed by atoms with Gasteiger partial charge in [0.2, 0.25) is 5.91 Å². The lowest BCUT2D eigenvalue weighted by molar-refractivity contribution is -0.135. The Morgan fingerprint density at radius 2 is 2.29 bits per heavy atom. The predicted octanol–water partition coefficient (Wildman–Crippen LogP) is 3.49. The third kappa shape index (κ3) is 2.62. The molecule has 1 saturated heterocycles. The van der Waals surface area contributed by atoms with Crippen molar-refractivity contribution in [3.63, 3.8) is 0 Å². The third-order valence-electron chi connectivity index (χ3n) is 4.23. The molecule has 1 aliphatic rings. The molecule has 0 N–H and O–H groups in total. The second-order valence-electron chi connectivity index (χ2n) is 5.79. The summed E-state index contributed by atoms with van der Waals surface area (Å²) in [6.07, 6.45) is 2.14. The number of rotatable bonds is 3. The zero-order chi connectivity index (χ0) is 15.0. The maximum atomic E-state index is 12.9. The number of aryl methyl sites for hydroxylation is 2. The Hall–Kier alpha value is -1.62. The fourth-order valence-electron chi connectivity index (χ4n) is 3.22. The van der Waals surface area contributed by atoms with Gasteiger partial charge in [-0.05, 0) is 62.1 Å². The van der Waals surface area contributed by atoms with Gasteiger partial charge in [-0.3, -0.25) is 9.48 Å². The van der Waals surface area contributed by atoms with Crippen molar-refractivity contribution in [3.05, 3.63) is 39.8 Å². The van der Waals surface area contributed by atoms with E-state index in [1.807, 2.05) is 36.4 Å². The van der Waals surface area contributed by atoms with Crippen molar-refractivity contribution in [1.29, 1.82) is 0 Å². The van der Waals surface area contributed by atoms with Crippen molar-refractivity contribution in [1.82, 2.24) is 14.7 Å². The number of hydrogen-bond acceptors (Lipinski definition) is 3. The average molecular weight is 303 g/mol. The SMILES string of the molecule is Cc1cc(C)n([C@H](C)C(=O)N2CCC[C@H]2c2ccsc2)n1. The van der Waals surface area contributed by atoms with E-state index in [1.165, 1.54) is 5.56 Å². The minimum atomic E-state index is -0.238. The van der Waals surface area contributed by atoms with Gasteiger partial charge in [0.25, 0.3) is 0 Å². The fourth-order valence-corrected chi connectivity index (χ4v) is 3.93. The number of carbonyl (C=O) groups excluding carboxylic acids is 1. The molecule has 5 heteroatoms. The normalized spacial score (nSPS) is 20.0. The monoisotopic (exact) mass is 303 g/mol. The number of thiophene rings is 1. The molecule has 21 heavy (non-hydrogen) atoms. The van der Waals surface area contributed by atoms with Crippen molar-refractivity contribution in [3.8, 4) is 0 Å². The van der Waals surface area contributed by atoms with Gasteiger partial charge in [-0.15, -0.1) is 0 Å². The van der Waals surface area contributed by atoms with E-state index in [9.17, 15) is 4.79 Å². The van der Waals surface area contributed by atoms with Gasteiger partial charge < -0.3 is 4.90 Å². The number of amides is 1. The first-order valence-electron chi connectivity index (χ1n) is 7.43. The number of likely N-dealkylation sites (tertiary alicyclic amines) is 1. The number of carbonyl (C=O) groups is 1. The average Bonchev–Trinajstić information content (AvgIpc) is 3.16. The van der Waals surface area contributed by atoms with Gasteiger partial charge in [-0.25, -0.2) is 0 Å². The summed E-state index contributed by atoms with van der Waals surface area (Å²) >= 11 is 1.70. The largest absolute Gasteiger partial charge is 0.334 e. The Balaban J connectivity index is 1.82. The van der Waals surface area contributed by atoms with E-state index in [0.717, 1.165) is 30.8 Å². The molecule has 1 fully saturated rings. The quantitative estimate of drug-likeness (QED) is 0.870. The summed E-state index contributed by atoms with van der Waals surface area (Å²) in [5.41, 5.74) is 3.27. The summed E-state index contributed by atoms with van der Waals surface area (Å²) in [4.78, 5) is 14.9. The van der Waals surface area contributed by atoms with Gasteiger partial charge in [0.05, 0.1) is 11.7 Å². The lowest BCUT2D eigenvalue weighted by Crippen LogP contribution is -2.36. The Labute approximate surface area is 129 Å². The molecule has 0 saturated carbocycles. The van der Waals surface area contributed by atoms with Crippen molar-refractivity contribution < 1.29 is 4.79 Å². The van der Waals surface area contributed by atoms with E-state index in [-0.39, 0.29) is 18.0 Å². The van der Waals surface area contributed by atoms with E-state index in [4.69, 9.17) is 0 Å². The first-order chi connectivity index (χ1) is 10.1.